The molecule has 1 unspecified atom stereocenters. The molecule has 4 aliphatic rings. The van der Waals surface area contributed by atoms with Crippen molar-refractivity contribution < 1.29 is 24.1 Å². The van der Waals surface area contributed by atoms with Gasteiger partial charge in [0.05, 0.1) is 43.0 Å². The summed E-state index contributed by atoms with van der Waals surface area (Å²) in [5.41, 5.74) is 7.55. The van der Waals surface area contributed by atoms with E-state index in [9.17, 15) is 9.90 Å². The number of pyridine rings is 1. The lowest BCUT2D eigenvalue weighted by atomic mass is 9.94. The van der Waals surface area contributed by atoms with E-state index in [1.807, 2.05) is 24.3 Å². The van der Waals surface area contributed by atoms with Crippen LogP contribution in [0.1, 0.15) is 34.2 Å². The number of nitrogens with zero attached hydrogens (tertiary/aromatic N) is 3. The van der Waals surface area contributed by atoms with Crippen LogP contribution in [0.15, 0.2) is 48.5 Å². The largest absolute Gasteiger partial charge is 0.488 e. The van der Waals surface area contributed by atoms with Gasteiger partial charge in [-0.1, -0.05) is 30.3 Å². The van der Waals surface area contributed by atoms with Gasteiger partial charge >= 0.3 is 5.97 Å². The predicted octanol–water partition coefficient (Wildman–Crippen LogP) is 4.67. The topological polar surface area (TPSA) is 84.4 Å². The fraction of sp³-hybridized carbons (Fsp3) is 0.486. The molecule has 8 nitrogen and oxygen atoms in total. The summed E-state index contributed by atoms with van der Waals surface area (Å²) in [4.78, 5) is 22.0. The van der Waals surface area contributed by atoms with Crippen molar-refractivity contribution in [1.82, 2.24) is 9.88 Å². The van der Waals surface area contributed by atoms with Crippen molar-refractivity contribution >= 4 is 11.8 Å². The van der Waals surface area contributed by atoms with E-state index in [1.165, 1.54) is 22.3 Å². The second-order valence-corrected chi connectivity index (χ2v) is 12.7. The Kier molecular flexibility index (Phi) is 7.40. The van der Waals surface area contributed by atoms with Gasteiger partial charge in [0.2, 0.25) is 0 Å². The molecule has 0 radical (unpaired) electrons. The van der Waals surface area contributed by atoms with E-state index in [0.29, 0.717) is 32.2 Å². The van der Waals surface area contributed by atoms with Crippen molar-refractivity contribution in [2.24, 2.45) is 11.3 Å². The molecule has 226 valence electrons. The van der Waals surface area contributed by atoms with E-state index in [1.54, 1.807) is 7.11 Å². The summed E-state index contributed by atoms with van der Waals surface area (Å²) in [6, 6.07) is 17.0. The van der Waals surface area contributed by atoms with Crippen molar-refractivity contribution in [3.8, 4) is 17.0 Å². The Balaban J connectivity index is 1.12. The second-order valence-electron chi connectivity index (χ2n) is 12.7. The molecule has 2 saturated heterocycles. The van der Waals surface area contributed by atoms with Crippen LogP contribution in [0, 0.1) is 25.2 Å². The highest BCUT2D eigenvalue weighted by molar-refractivity contribution is 5.82. The van der Waals surface area contributed by atoms with E-state index in [0.717, 1.165) is 67.5 Å². The Morgan fingerprint density at radius 1 is 1.09 bits per heavy atom. The third-order valence-corrected chi connectivity index (χ3v) is 10.4. The highest BCUT2D eigenvalue weighted by Crippen LogP contribution is 2.62. The molecule has 1 aromatic heterocycles. The third kappa shape index (κ3) is 4.89. The lowest BCUT2D eigenvalue weighted by Crippen LogP contribution is -2.49. The van der Waals surface area contributed by atoms with Crippen molar-refractivity contribution in [1.29, 1.82) is 0 Å². The van der Waals surface area contributed by atoms with Gasteiger partial charge in [0, 0.05) is 32.3 Å². The van der Waals surface area contributed by atoms with Gasteiger partial charge < -0.3 is 24.2 Å². The number of carboxylic acids is 1. The predicted molar refractivity (Wildman–Crippen MR) is 165 cm³/mol. The molecular weight excluding hydrogens is 542 g/mol. The molecule has 3 fully saturated rings. The normalized spacial score (nSPS) is 25.0. The van der Waals surface area contributed by atoms with Crippen LogP contribution in [-0.2, 0) is 33.7 Å². The van der Waals surface area contributed by atoms with Crippen LogP contribution in [0.5, 0.6) is 5.75 Å². The fourth-order valence-electron chi connectivity index (χ4n) is 7.64. The SMILES string of the molecule is COC[C@H]1N(c2cccc(-c3cccc(C)c3OCc3ccc4c(c3C)CCN(C3COC3)CC4)n2)CC2C[C@@]21C(=O)O. The van der Waals surface area contributed by atoms with Gasteiger partial charge in [-0.2, -0.15) is 0 Å². The number of carbonyl (C=O) groups is 1. The number of methoxy groups -OCH3 is 1. The van der Waals surface area contributed by atoms with Gasteiger partial charge in [-0.25, -0.2) is 4.98 Å². The summed E-state index contributed by atoms with van der Waals surface area (Å²) in [5, 5.41) is 10.0. The first kappa shape index (κ1) is 28.3. The van der Waals surface area contributed by atoms with Crippen LogP contribution >= 0.6 is 0 Å². The molecule has 0 spiro atoms. The standard InChI is InChI=1S/C35H41N3O5/c1-22-6-4-7-29(30-8-5-9-32(36-30)38-17-26-16-35(26,34(39)40)31(38)21-41-3)33(22)43-18-25-11-10-24-12-14-37(27-19-42-20-27)15-13-28(24)23(25)2/h4-11,26-27,31H,12-21H2,1-3H3,(H,39,40)/t26?,31-,35-/m1/s1. The molecule has 1 aliphatic carbocycles. The van der Waals surface area contributed by atoms with Gasteiger partial charge in [0.25, 0.3) is 0 Å². The van der Waals surface area contributed by atoms with Crippen molar-refractivity contribution in [2.75, 3.05) is 51.5 Å². The van der Waals surface area contributed by atoms with E-state index < -0.39 is 11.4 Å². The zero-order valence-electron chi connectivity index (χ0n) is 25.3. The minimum atomic E-state index is -0.735. The maximum atomic E-state index is 12.2. The molecule has 1 N–H and O–H groups in total. The quantitative estimate of drug-likeness (QED) is 0.389. The number of carboxylic acid groups (broad SMARTS) is 1. The molecular formula is C35H41N3O5. The molecule has 43 heavy (non-hydrogen) atoms. The maximum absolute atomic E-state index is 12.2. The number of para-hydroxylation sites is 1. The van der Waals surface area contributed by atoms with Crippen LogP contribution in [0.25, 0.3) is 11.3 Å². The van der Waals surface area contributed by atoms with Crippen LogP contribution < -0.4 is 9.64 Å². The van der Waals surface area contributed by atoms with E-state index >= 15 is 0 Å². The number of rotatable bonds is 9. The van der Waals surface area contributed by atoms with E-state index in [-0.39, 0.29) is 12.0 Å². The molecule has 3 aromatic rings. The number of hydrogen-bond donors (Lipinski definition) is 1. The minimum absolute atomic E-state index is 0.132. The average molecular weight is 584 g/mol. The molecule has 8 heteroatoms. The Morgan fingerprint density at radius 3 is 2.67 bits per heavy atom. The first-order valence-corrected chi connectivity index (χ1v) is 15.5. The fourth-order valence-corrected chi connectivity index (χ4v) is 7.64. The molecule has 4 heterocycles. The number of benzene rings is 2. The summed E-state index contributed by atoms with van der Waals surface area (Å²) in [5.74, 6) is 1.01. The number of aromatic nitrogens is 1. The molecule has 2 aromatic carbocycles. The molecule has 3 aliphatic heterocycles. The highest BCUT2D eigenvalue weighted by atomic mass is 16.5. The Labute approximate surface area is 253 Å². The summed E-state index contributed by atoms with van der Waals surface area (Å²) < 4.78 is 17.6. The lowest BCUT2D eigenvalue weighted by molar-refractivity contribution is -0.144. The number of aliphatic carboxylic acids is 1. The maximum Gasteiger partial charge on any atom is 0.312 e. The average Bonchev–Trinajstić information content (AvgIpc) is 3.67. The third-order valence-electron chi connectivity index (χ3n) is 10.4. The second kappa shape index (κ2) is 11.2. The van der Waals surface area contributed by atoms with Crippen LogP contribution in [0.2, 0.25) is 0 Å². The number of piperidine rings is 1. The van der Waals surface area contributed by atoms with Gasteiger partial charge in [-0.05, 0) is 85.0 Å². The van der Waals surface area contributed by atoms with Gasteiger partial charge in [-0.15, -0.1) is 0 Å². The number of aryl methyl sites for hydroxylation is 1. The van der Waals surface area contributed by atoms with Gasteiger partial charge in [0.15, 0.2) is 0 Å². The molecule has 3 atom stereocenters. The first-order valence-electron chi connectivity index (χ1n) is 15.5. The molecule has 0 amide bonds. The van der Waals surface area contributed by atoms with Crippen molar-refractivity contribution in [3.05, 3.63) is 76.3 Å². The Morgan fingerprint density at radius 2 is 1.91 bits per heavy atom. The van der Waals surface area contributed by atoms with Crippen LogP contribution in [0.4, 0.5) is 5.82 Å². The number of fused-ring (bicyclic) bond motifs is 2. The van der Waals surface area contributed by atoms with Gasteiger partial charge in [0.1, 0.15) is 18.2 Å². The molecule has 0 bridgehead atoms. The number of hydrogen-bond acceptors (Lipinski definition) is 7. The smallest absolute Gasteiger partial charge is 0.312 e. The Hall–Kier alpha value is -3.46. The minimum Gasteiger partial charge on any atom is -0.488 e. The van der Waals surface area contributed by atoms with Gasteiger partial charge in [-0.3, -0.25) is 9.69 Å². The summed E-state index contributed by atoms with van der Waals surface area (Å²) >= 11 is 0. The molecule has 7 rings (SSSR count). The number of anilines is 1. The zero-order valence-corrected chi connectivity index (χ0v) is 25.3. The van der Waals surface area contributed by atoms with Crippen LogP contribution in [-0.4, -0.2) is 79.6 Å². The monoisotopic (exact) mass is 583 g/mol. The first-order chi connectivity index (χ1) is 20.9. The van der Waals surface area contributed by atoms with Crippen molar-refractivity contribution in [3.63, 3.8) is 0 Å². The van der Waals surface area contributed by atoms with E-state index in [2.05, 4.69) is 47.9 Å². The summed E-state index contributed by atoms with van der Waals surface area (Å²) in [7, 11) is 1.63. The lowest BCUT2D eigenvalue weighted by Gasteiger charge is -2.36. The summed E-state index contributed by atoms with van der Waals surface area (Å²) in [6.07, 6.45) is 2.84. The summed E-state index contributed by atoms with van der Waals surface area (Å²) in [6.45, 7) is 9.74. The van der Waals surface area contributed by atoms with Crippen molar-refractivity contribution in [2.45, 2.75) is 51.8 Å². The van der Waals surface area contributed by atoms with Crippen LogP contribution in [0.3, 0.4) is 0 Å². The zero-order chi connectivity index (χ0) is 29.7. The Bertz CT molecular complexity index is 1540. The highest BCUT2D eigenvalue weighted by Gasteiger charge is 2.71. The molecule has 1 saturated carbocycles. The number of ether oxygens (including phenoxy) is 3. The van der Waals surface area contributed by atoms with E-state index in [4.69, 9.17) is 19.2 Å².